The molecule has 2 rings (SSSR count). The van der Waals surface area contributed by atoms with Gasteiger partial charge in [-0.1, -0.05) is 6.07 Å². The van der Waals surface area contributed by atoms with Gasteiger partial charge >= 0.3 is 0 Å². The maximum absolute atomic E-state index is 10.5. The number of nitro groups is 1. The number of hydrogen-bond donors (Lipinski definition) is 0. The summed E-state index contributed by atoms with van der Waals surface area (Å²) in [6.45, 7) is 1.94. The van der Waals surface area contributed by atoms with Gasteiger partial charge in [0.1, 0.15) is 6.20 Å². The van der Waals surface area contributed by atoms with Crippen molar-refractivity contribution in [2.24, 2.45) is 0 Å². The lowest BCUT2D eigenvalue weighted by atomic mass is 10.2. The fourth-order valence-corrected chi connectivity index (χ4v) is 1.51. The van der Waals surface area contributed by atoms with Gasteiger partial charge in [0.15, 0.2) is 11.5 Å². The van der Waals surface area contributed by atoms with Gasteiger partial charge in [0, 0.05) is 12.1 Å². The number of pyridine rings is 1. The van der Waals surface area contributed by atoms with Gasteiger partial charge < -0.3 is 9.47 Å². The van der Waals surface area contributed by atoms with E-state index in [2.05, 4.69) is 4.98 Å². The summed E-state index contributed by atoms with van der Waals surface area (Å²) in [5, 5.41) is 10.5. The summed E-state index contributed by atoms with van der Waals surface area (Å²) in [6.07, 6.45) is 1.15. The number of ether oxygens (including phenoxy) is 2. The molecule has 6 nitrogen and oxygen atoms in total. The van der Waals surface area contributed by atoms with Gasteiger partial charge in [-0.2, -0.15) is 0 Å². The number of methoxy groups -OCH3 is 1. The number of benzene rings is 1. The van der Waals surface area contributed by atoms with Crippen LogP contribution < -0.4 is 9.47 Å². The largest absolute Gasteiger partial charge is 0.493 e. The van der Waals surface area contributed by atoms with Crippen LogP contribution in [-0.4, -0.2) is 17.0 Å². The number of aromatic nitrogens is 1. The lowest BCUT2D eigenvalue weighted by Gasteiger charge is -2.09. The zero-order chi connectivity index (χ0) is 13.8. The zero-order valence-corrected chi connectivity index (χ0v) is 10.5. The average molecular weight is 260 g/mol. The molecule has 0 saturated carbocycles. The van der Waals surface area contributed by atoms with E-state index in [1.54, 1.807) is 13.2 Å². The van der Waals surface area contributed by atoms with Crippen molar-refractivity contribution in [3.63, 3.8) is 0 Å². The van der Waals surface area contributed by atoms with Crippen molar-refractivity contribution in [3.8, 4) is 17.4 Å². The van der Waals surface area contributed by atoms with Crippen molar-refractivity contribution in [1.29, 1.82) is 0 Å². The van der Waals surface area contributed by atoms with Crippen LogP contribution in [0.4, 0.5) is 5.69 Å². The molecule has 1 aromatic heterocycles. The molecule has 0 radical (unpaired) electrons. The summed E-state index contributed by atoms with van der Waals surface area (Å²) >= 11 is 0. The number of nitrogens with zero attached hydrogens (tertiary/aromatic N) is 2. The highest BCUT2D eigenvalue weighted by Crippen LogP contribution is 2.31. The van der Waals surface area contributed by atoms with Crippen molar-refractivity contribution < 1.29 is 14.4 Å². The van der Waals surface area contributed by atoms with Crippen LogP contribution in [0.2, 0.25) is 0 Å². The van der Waals surface area contributed by atoms with E-state index < -0.39 is 4.92 Å². The summed E-state index contributed by atoms with van der Waals surface area (Å²) < 4.78 is 10.7. The van der Waals surface area contributed by atoms with Crippen LogP contribution in [0.15, 0.2) is 36.5 Å². The molecule has 0 aliphatic heterocycles. The van der Waals surface area contributed by atoms with Crippen molar-refractivity contribution in [2.75, 3.05) is 7.11 Å². The highest BCUT2D eigenvalue weighted by Gasteiger charge is 2.09. The van der Waals surface area contributed by atoms with Crippen LogP contribution in [0.3, 0.4) is 0 Å². The van der Waals surface area contributed by atoms with Gasteiger partial charge in [-0.05, 0) is 24.6 Å². The molecule has 6 heteroatoms. The highest BCUT2D eigenvalue weighted by molar-refractivity contribution is 5.44. The molecule has 0 aliphatic carbocycles. The first-order valence-corrected chi connectivity index (χ1v) is 5.53. The van der Waals surface area contributed by atoms with Crippen LogP contribution in [-0.2, 0) is 0 Å². The van der Waals surface area contributed by atoms with Crippen molar-refractivity contribution >= 4 is 5.69 Å². The normalized spacial score (nSPS) is 10.0. The molecule has 0 N–H and O–H groups in total. The fourth-order valence-electron chi connectivity index (χ4n) is 1.51. The molecule has 0 atom stereocenters. The SMILES string of the molecule is COc1cc(C)ccc1Oc1ccc([N+](=O)[O-])cn1. The Balaban J connectivity index is 2.23. The van der Waals surface area contributed by atoms with E-state index in [4.69, 9.17) is 9.47 Å². The Labute approximate surface area is 109 Å². The fraction of sp³-hybridized carbons (Fsp3) is 0.154. The van der Waals surface area contributed by atoms with E-state index in [0.29, 0.717) is 11.5 Å². The minimum Gasteiger partial charge on any atom is -0.493 e. The Kier molecular flexibility index (Phi) is 3.61. The molecule has 98 valence electrons. The van der Waals surface area contributed by atoms with Gasteiger partial charge in [0.05, 0.1) is 12.0 Å². The summed E-state index contributed by atoms with van der Waals surface area (Å²) in [5.41, 5.74) is 0.962. The molecule has 0 fully saturated rings. The van der Waals surface area contributed by atoms with Gasteiger partial charge in [0.2, 0.25) is 5.88 Å². The van der Waals surface area contributed by atoms with Gasteiger partial charge in [-0.25, -0.2) is 4.98 Å². The molecule has 19 heavy (non-hydrogen) atoms. The summed E-state index contributed by atoms with van der Waals surface area (Å²) in [6, 6.07) is 8.25. The molecule has 0 aliphatic rings. The summed E-state index contributed by atoms with van der Waals surface area (Å²) in [5.74, 6) is 1.36. The Morgan fingerprint density at radius 2 is 2.00 bits per heavy atom. The van der Waals surface area contributed by atoms with Crippen LogP contribution >= 0.6 is 0 Å². The standard InChI is InChI=1S/C13H12N2O4/c1-9-3-5-11(12(7-9)18-2)19-13-6-4-10(8-14-13)15(16)17/h3-8H,1-2H3. The van der Waals surface area contributed by atoms with E-state index in [1.165, 1.54) is 12.1 Å². The van der Waals surface area contributed by atoms with E-state index in [-0.39, 0.29) is 11.6 Å². The second kappa shape index (κ2) is 5.34. The summed E-state index contributed by atoms with van der Waals surface area (Å²) in [7, 11) is 1.55. The molecule has 2 aromatic rings. The maximum atomic E-state index is 10.5. The van der Waals surface area contributed by atoms with Crippen molar-refractivity contribution in [1.82, 2.24) is 4.98 Å². The lowest BCUT2D eigenvalue weighted by Crippen LogP contribution is -1.94. The molecule has 0 bridgehead atoms. The number of rotatable bonds is 4. The van der Waals surface area contributed by atoms with Crippen LogP contribution in [0.1, 0.15) is 5.56 Å². The molecule has 0 amide bonds. The predicted octanol–water partition coefficient (Wildman–Crippen LogP) is 3.10. The smallest absolute Gasteiger partial charge is 0.287 e. The molecular formula is C13H12N2O4. The number of hydrogen-bond acceptors (Lipinski definition) is 5. The minimum atomic E-state index is -0.511. The quantitative estimate of drug-likeness (QED) is 0.623. The van der Waals surface area contributed by atoms with E-state index in [1.807, 2.05) is 19.1 Å². The monoisotopic (exact) mass is 260 g/mol. The molecule has 0 unspecified atom stereocenters. The third kappa shape index (κ3) is 2.98. The Morgan fingerprint density at radius 3 is 2.58 bits per heavy atom. The Morgan fingerprint density at radius 1 is 1.21 bits per heavy atom. The maximum Gasteiger partial charge on any atom is 0.287 e. The Bertz CT molecular complexity index is 596. The molecular weight excluding hydrogens is 248 g/mol. The molecule has 1 heterocycles. The van der Waals surface area contributed by atoms with Crippen molar-refractivity contribution in [3.05, 3.63) is 52.2 Å². The molecule has 0 spiro atoms. The van der Waals surface area contributed by atoms with E-state index in [9.17, 15) is 10.1 Å². The van der Waals surface area contributed by atoms with Gasteiger partial charge in [-0.15, -0.1) is 0 Å². The first-order valence-electron chi connectivity index (χ1n) is 5.53. The van der Waals surface area contributed by atoms with E-state index >= 15 is 0 Å². The highest BCUT2D eigenvalue weighted by atomic mass is 16.6. The second-order valence-electron chi connectivity index (χ2n) is 3.87. The molecule has 0 saturated heterocycles. The van der Waals surface area contributed by atoms with E-state index in [0.717, 1.165) is 11.8 Å². The van der Waals surface area contributed by atoms with Crippen molar-refractivity contribution in [2.45, 2.75) is 6.92 Å². The topological polar surface area (TPSA) is 74.5 Å². The van der Waals surface area contributed by atoms with Crippen LogP contribution in [0.25, 0.3) is 0 Å². The predicted molar refractivity (Wildman–Crippen MR) is 68.7 cm³/mol. The average Bonchev–Trinajstić information content (AvgIpc) is 2.41. The van der Waals surface area contributed by atoms with Gasteiger partial charge in [-0.3, -0.25) is 10.1 Å². The Hall–Kier alpha value is -2.63. The molecule has 1 aromatic carbocycles. The van der Waals surface area contributed by atoms with Gasteiger partial charge in [0.25, 0.3) is 5.69 Å². The third-order valence-corrected chi connectivity index (χ3v) is 2.47. The van der Waals surface area contributed by atoms with Crippen LogP contribution in [0.5, 0.6) is 17.4 Å². The lowest BCUT2D eigenvalue weighted by molar-refractivity contribution is -0.385. The second-order valence-corrected chi connectivity index (χ2v) is 3.87. The minimum absolute atomic E-state index is 0.0804. The first kappa shape index (κ1) is 12.8. The van der Waals surface area contributed by atoms with Crippen LogP contribution in [0, 0.1) is 17.0 Å². The summed E-state index contributed by atoms with van der Waals surface area (Å²) in [4.78, 5) is 13.9. The first-order chi connectivity index (χ1) is 9.10. The third-order valence-electron chi connectivity index (χ3n) is 2.47. The zero-order valence-electron chi connectivity index (χ0n) is 10.5. The number of aryl methyl sites for hydroxylation is 1.